The molecule has 1 aliphatic heterocycles. The van der Waals surface area contributed by atoms with Gasteiger partial charge in [-0.15, -0.1) is 0 Å². The van der Waals surface area contributed by atoms with Crippen molar-refractivity contribution in [3.63, 3.8) is 0 Å². The Morgan fingerprint density at radius 2 is 1.68 bits per heavy atom. The van der Waals surface area contributed by atoms with Crippen LogP contribution in [0.15, 0.2) is 60.9 Å². The molecule has 0 unspecified atom stereocenters. The van der Waals surface area contributed by atoms with E-state index in [1.807, 2.05) is 55.5 Å². The minimum absolute atomic E-state index is 0.101. The van der Waals surface area contributed by atoms with Crippen LogP contribution in [0.5, 0.6) is 5.75 Å². The molecule has 1 fully saturated rings. The molecule has 0 saturated carbocycles. The average molecular weight is 417 g/mol. The van der Waals surface area contributed by atoms with Crippen LogP contribution >= 0.6 is 0 Å². The molecule has 0 bridgehead atoms. The van der Waals surface area contributed by atoms with Crippen LogP contribution in [0.3, 0.4) is 0 Å². The number of nitrogens with one attached hydrogen (secondary N) is 1. The van der Waals surface area contributed by atoms with E-state index in [9.17, 15) is 4.79 Å². The van der Waals surface area contributed by atoms with Crippen molar-refractivity contribution in [2.75, 3.05) is 24.6 Å². The molecule has 31 heavy (non-hydrogen) atoms. The van der Waals surface area contributed by atoms with Gasteiger partial charge in [0.1, 0.15) is 11.4 Å². The van der Waals surface area contributed by atoms with Crippen molar-refractivity contribution in [3.05, 3.63) is 72.1 Å². The second kappa shape index (κ2) is 10.1. The van der Waals surface area contributed by atoms with Gasteiger partial charge < -0.3 is 15.0 Å². The molecular weight excluding hydrogens is 388 g/mol. The summed E-state index contributed by atoms with van der Waals surface area (Å²) >= 11 is 0. The van der Waals surface area contributed by atoms with Crippen LogP contribution in [-0.2, 0) is 6.54 Å². The monoisotopic (exact) mass is 416 g/mol. The Kier molecular flexibility index (Phi) is 6.77. The maximum atomic E-state index is 12.6. The van der Waals surface area contributed by atoms with Gasteiger partial charge in [-0.3, -0.25) is 9.78 Å². The summed E-state index contributed by atoms with van der Waals surface area (Å²) in [5.41, 5.74) is 3.49. The molecule has 6 nitrogen and oxygen atoms in total. The lowest BCUT2D eigenvalue weighted by molar-refractivity contribution is 0.0951. The highest BCUT2D eigenvalue weighted by atomic mass is 16.5. The van der Waals surface area contributed by atoms with Gasteiger partial charge in [0.15, 0.2) is 5.82 Å². The number of carbonyl (C=O) groups is 1. The Morgan fingerprint density at radius 1 is 0.968 bits per heavy atom. The number of anilines is 1. The van der Waals surface area contributed by atoms with Crippen molar-refractivity contribution in [3.8, 4) is 17.0 Å². The summed E-state index contributed by atoms with van der Waals surface area (Å²) in [6.07, 6.45) is 7.11. The van der Waals surface area contributed by atoms with Crippen LogP contribution < -0.4 is 15.0 Å². The number of hydrogen-bond donors (Lipinski definition) is 1. The molecular formula is C25H28N4O2. The van der Waals surface area contributed by atoms with Crippen molar-refractivity contribution >= 4 is 11.7 Å². The lowest BCUT2D eigenvalue weighted by Gasteiger charge is -2.28. The molecule has 0 aliphatic carbocycles. The van der Waals surface area contributed by atoms with Crippen molar-refractivity contribution in [1.29, 1.82) is 0 Å². The fourth-order valence-electron chi connectivity index (χ4n) is 3.81. The first-order valence-corrected chi connectivity index (χ1v) is 10.9. The fourth-order valence-corrected chi connectivity index (χ4v) is 3.81. The van der Waals surface area contributed by atoms with Gasteiger partial charge in [-0.05, 0) is 56.0 Å². The van der Waals surface area contributed by atoms with Crippen LogP contribution in [0, 0.1) is 0 Å². The average Bonchev–Trinajstić information content (AvgIpc) is 2.84. The summed E-state index contributed by atoms with van der Waals surface area (Å²) in [7, 11) is 0. The first-order chi connectivity index (χ1) is 15.2. The van der Waals surface area contributed by atoms with Crippen LogP contribution in [0.1, 0.15) is 42.1 Å². The highest BCUT2D eigenvalue weighted by Gasteiger charge is 2.18. The van der Waals surface area contributed by atoms with Gasteiger partial charge in [0, 0.05) is 43.2 Å². The Balaban J connectivity index is 1.42. The van der Waals surface area contributed by atoms with E-state index in [-0.39, 0.29) is 5.91 Å². The topological polar surface area (TPSA) is 67.3 Å². The second-order valence-electron chi connectivity index (χ2n) is 7.61. The van der Waals surface area contributed by atoms with Gasteiger partial charge in [0.25, 0.3) is 5.91 Å². The second-order valence-corrected chi connectivity index (χ2v) is 7.61. The lowest BCUT2D eigenvalue weighted by atomic mass is 10.1. The molecule has 1 aliphatic rings. The molecule has 160 valence electrons. The molecule has 3 aromatic rings. The first kappa shape index (κ1) is 20.8. The number of piperidine rings is 1. The normalized spacial score (nSPS) is 13.6. The van der Waals surface area contributed by atoms with Gasteiger partial charge in [0.05, 0.1) is 6.61 Å². The third kappa shape index (κ3) is 5.20. The fraction of sp³-hybridized carbons (Fsp3) is 0.320. The van der Waals surface area contributed by atoms with Gasteiger partial charge in [-0.2, -0.15) is 0 Å². The molecule has 1 aromatic heterocycles. The zero-order valence-corrected chi connectivity index (χ0v) is 17.9. The van der Waals surface area contributed by atoms with E-state index in [4.69, 9.17) is 4.74 Å². The Hall–Kier alpha value is -3.41. The standard InChI is InChI=1S/C25H28N4O2/c1-2-31-22-12-6-19(7-13-22)18-28-25(30)21-10-8-20(9-11-21)23-24(27-15-14-26-23)29-16-4-3-5-17-29/h6-15H,2-5,16-18H2,1H3,(H,28,30). The molecule has 2 aromatic carbocycles. The zero-order chi connectivity index (χ0) is 21.5. The van der Waals surface area contributed by atoms with Gasteiger partial charge in [-0.1, -0.05) is 24.3 Å². The molecule has 0 spiro atoms. The molecule has 4 rings (SSSR count). The zero-order valence-electron chi connectivity index (χ0n) is 17.9. The molecule has 6 heteroatoms. The molecule has 0 radical (unpaired) electrons. The number of aromatic nitrogens is 2. The molecule has 0 atom stereocenters. The number of ether oxygens (including phenoxy) is 1. The van der Waals surface area contributed by atoms with E-state index in [0.717, 1.165) is 41.5 Å². The van der Waals surface area contributed by atoms with Gasteiger partial charge in [0.2, 0.25) is 0 Å². The van der Waals surface area contributed by atoms with E-state index in [1.54, 1.807) is 12.4 Å². The summed E-state index contributed by atoms with van der Waals surface area (Å²) in [4.78, 5) is 24.1. The predicted octanol–water partition coefficient (Wildman–Crippen LogP) is 4.46. The molecule has 1 saturated heterocycles. The van der Waals surface area contributed by atoms with E-state index in [2.05, 4.69) is 20.2 Å². The number of amides is 1. The quantitative estimate of drug-likeness (QED) is 0.616. The minimum Gasteiger partial charge on any atom is -0.494 e. The number of rotatable bonds is 7. The third-order valence-corrected chi connectivity index (χ3v) is 5.44. The Morgan fingerprint density at radius 3 is 2.39 bits per heavy atom. The summed E-state index contributed by atoms with van der Waals surface area (Å²) in [6, 6.07) is 15.3. The maximum absolute atomic E-state index is 12.6. The molecule has 2 heterocycles. The van der Waals surface area contributed by atoms with E-state index in [0.29, 0.717) is 18.7 Å². The van der Waals surface area contributed by atoms with Crippen LogP contribution in [0.4, 0.5) is 5.82 Å². The van der Waals surface area contributed by atoms with E-state index < -0.39 is 0 Å². The number of hydrogen-bond acceptors (Lipinski definition) is 5. The van der Waals surface area contributed by atoms with Gasteiger partial charge >= 0.3 is 0 Å². The number of nitrogens with zero attached hydrogens (tertiary/aromatic N) is 3. The van der Waals surface area contributed by atoms with Gasteiger partial charge in [-0.25, -0.2) is 4.98 Å². The first-order valence-electron chi connectivity index (χ1n) is 10.9. The van der Waals surface area contributed by atoms with Crippen LogP contribution in [0.2, 0.25) is 0 Å². The maximum Gasteiger partial charge on any atom is 0.251 e. The summed E-state index contributed by atoms with van der Waals surface area (Å²) in [5.74, 6) is 1.66. The Labute approximate surface area is 183 Å². The largest absolute Gasteiger partial charge is 0.494 e. The summed E-state index contributed by atoms with van der Waals surface area (Å²) in [6.45, 7) is 5.09. The molecule has 1 N–H and O–H groups in total. The van der Waals surface area contributed by atoms with Crippen LogP contribution in [-0.4, -0.2) is 35.6 Å². The highest BCUT2D eigenvalue weighted by molar-refractivity contribution is 5.94. The van der Waals surface area contributed by atoms with Crippen molar-refractivity contribution < 1.29 is 9.53 Å². The minimum atomic E-state index is -0.101. The van der Waals surface area contributed by atoms with Crippen molar-refractivity contribution in [2.24, 2.45) is 0 Å². The lowest BCUT2D eigenvalue weighted by Crippen LogP contribution is -2.30. The van der Waals surface area contributed by atoms with Crippen molar-refractivity contribution in [2.45, 2.75) is 32.7 Å². The SMILES string of the molecule is CCOc1ccc(CNC(=O)c2ccc(-c3nccnc3N3CCCCC3)cc2)cc1. The number of carbonyl (C=O) groups excluding carboxylic acids is 1. The summed E-state index contributed by atoms with van der Waals surface area (Å²) in [5, 5.41) is 2.97. The molecule has 1 amide bonds. The van der Waals surface area contributed by atoms with E-state index >= 15 is 0 Å². The highest BCUT2D eigenvalue weighted by Crippen LogP contribution is 2.28. The Bertz CT molecular complexity index is 997. The smallest absolute Gasteiger partial charge is 0.251 e. The van der Waals surface area contributed by atoms with Crippen molar-refractivity contribution in [1.82, 2.24) is 15.3 Å². The predicted molar refractivity (Wildman–Crippen MR) is 122 cm³/mol. The summed E-state index contributed by atoms with van der Waals surface area (Å²) < 4.78 is 5.45. The van der Waals surface area contributed by atoms with Crippen LogP contribution in [0.25, 0.3) is 11.3 Å². The van der Waals surface area contributed by atoms with E-state index in [1.165, 1.54) is 19.3 Å². The number of benzene rings is 2. The third-order valence-electron chi connectivity index (χ3n) is 5.44.